The van der Waals surface area contributed by atoms with E-state index in [4.69, 9.17) is 4.74 Å². The van der Waals surface area contributed by atoms with Crippen molar-refractivity contribution in [1.82, 2.24) is 9.55 Å². The fourth-order valence-electron chi connectivity index (χ4n) is 3.29. The molecule has 5 nitrogen and oxygen atoms in total. The Morgan fingerprint density at radius 2 is 1.92 bits per heavy atom. The van der Waals surface area contributed by atoms with Crippen LogP contribution in [0.15, 0.2) is 41.6 Å². The molecule has 2 heterocycles. The minimum atomic E-state index is -0.122. The lowest BCUT2D eigenvalue weighted by molar-refractivity contribution is 0.281. The van der Waals surface area contributed by atoms with Crippen LogP contribution in [0.4, 0.5) is 0 Å². The monoisotopic (exact) mass is 352 g/mol. The number of benzene rings is 1. The maximum Gasteiger partial charge on any atom is 0.259 e. The molecule has 0 fully saturated rings. The van der Waals surface area contributed by atoms with Crippen LogP contribution in [0, 0.1) is 0 Å². The Hall–Kier alpha value is -2.66. The van der Waals surface area contributed by atoms with Crippen LogP contribution in [-0.2, 0) is 19.1 Å². The molecule has 0 unspecified atom stereocenters. The van der Waals surface area contributed by atoms with Gasteiger partial charge in [0.2, 0.25) is 0 Å². The van der Waals surface area contributed by atoms with Gasteiger partial charge in [-0.25, -0.2) is 0 Å². The summed E-state index contributed by atoms with van der Waals surface area (Å²) in [7, 11) is 3.37. The molecule has 0 amide bonds. The highest BCUT2D eigenvalue weighted by Crippen LogP contribution is 2.38. The summed E-state index contributed by atoms with van der Waals surface area (Å²) in [4.78, 5) is 16.5. The van der Waals surface area contributed by atoms with E-state index in [2.05, 4.69) is 25.8 Å². The van der Waals surface area contributed by atoms with Crippen LogP contribution in [-0.4, -0.2) is 21.8 Å². The van der Waals surface area contributed by atoms with E-state index in [9.17, 15) is 9.90 Å². The van der Waals surface area contributed by atoms with Crippen LogP contribution < -0.4 is 10.3 Å². The van der Waals surface area contributed by atoms with Gasteiger partial charge in [0.05, 0.1) is 19.1 Å². The topological polar surface area (TPSA) is 64.4 Å². The van der Waals surface area contributed by atoms with Crippen LogP contribution in [0.1, 0.15) is 31.9 Å². The number of methoxy groups -OCH3 is 1. The summed E-state index contributed by atoms with van der Waals surface area (Å²) in [6.45, 7) is 6.23. The molecule has 1 aromatic carbocycles. The Kier molecular flexibility index (Phi) is 4.59. The summed E-state index contributed by atoms with van der Waals surface area (Å²) >= 11 is 0. The van der Waals surface area contributed by atoms with E-state index >= 15 is 0 Å². The van der Waals surface area contributed by atoms with Gasteiger partial charge < -0.3 is 14.4 Å². The van der Waals surface area contributed by atoms with Gasteiger partial charge in [-0.1, -0.05) is 20.8 Å². The maximum absolute atomic E-state index is 12.4. The van der Waals surface area contributed by atoms with Crippen LogP contribution in [0.25, 0.3) is 21.9 Å². The lowest BCUT2D eigenvalue weighted by atomic mass is 9.83. The second kappa shape index (κ2) is 6.57. The summed E-state index contributed by atoms with van der Waals surface area (Å²) in [5.41, 5.74) is 3.33. The second-order valence-electron chi connectivity index (χ2n) is 7.50. The number of nitrogens with zero attached hydrogens (tertiary/aromatic N) is 2. The number of aromatic nitrogens is 2. The van der Waals surface area contributed by atoms with Crippen molar-refractivity contribution in [2.24, 2.45) is 7.05 Å². The summed E-state index contributed by atoms with van der Waals surface area (Å²) in [6.07, 6.45) is 5.06. The standard InChI is InChI=1S/C21H24N2O3/c1-21(2,3)18-8-13(12-24)15(9-19(18)26-5)17-11-23(4)20(25)16-10-22-7-6-14(16)17/h6-11,24H,12H2,1-5H3. The molecule has 3 aromatic rings. The van der Waals surface area contributed by atoms with Crippen molar-refractivity contribution >= 4 is 10.8 Å². The molecule has 136 valence electrons. The minimum Gasteiger partial charge on any atom is -0.496 e. The first-order chi connectivity index (χ1) is 12.3. The molecule has 2 aromatic heterocycles. The van der Waals surface area contributed by atoms with Gasteiger partial charge in [-0.3, -0.25) is 9.78 Å². The van der Waals surface area contributed by atoms with Crippen molar-refractivity contribution in [2.75, 3.05) is 7.11 Å². The lowest BCUT2D eigenvalue weighted by Gasteiger charge is -2.24. The highest BCUT2D eigenvalue weighted by Gasteiger charge is 2.22. The largest absolute Gasteiger partial charge is 0.496 e. The third kappa shape index (κ3) is 2.99. The van der Waals surface area contributed by atoms with E-state index < -0.39 is 0 Å². The lowest BCUT2D eigenvalue weighted by Crippen LogP contribution is -2.17. The Morgan fingerprint density at radius 3 is 2.54 bits per heavy atom. The van der Waals surface area contributed by atoms with Crippen molar-refractivity contribution in [1.29, 1.82) is 0 Å². The van der Waals surface area contributed by atoms with Gasteiger partial charge in [-0.15, -0.1) is 0 Å². The maximum atomic E-state index is 12.4. The van der Waals surface area contributed by atoms with E-state index in [0.29, 0.717) is 5.39 Å². The molecule has 0 bridgehead atoms. The Morgan fingerprint density at radius 1 is 1.19 bits per heavy atom. The Balaban J connectivity index is 2.40. The Labute approximate surface area is 152 Å². The van der Waals surface area contributed by atoms with E-state index in [1.165, 1.54) is 0 Å². The third-order valence-corrected chi connectivity index (χ3v) is 4.68. The normalized spacial score (nSPS) is 11.8. The average molecular weight is 352 g/mol. The summed E-state index contributed by atoms with van der Waals surface area (Å²) in [5, 5.41) is 11.4. The number of aryl methyl sites for hydroxylation is 1. The van der Waals surface area contributed by atoms with Crippen LogP contribution in [0.5, 0.6) is 5.75 Å². The molecule has 0 aliphatic heterocycles. The van der Waals surface area contributed by atoms with Gasteiger partial charge in [0, 0.05) is 31.2 Å². The van der Waals surface area contributed by atoms with Crippen LogP contribution in [0.3, 0.4) is 0 Å². The van der Waals surface area contributed by atoms with E-state index in [0.717, 1.165) is 33.4 Å². The van der Waals surface area contributed by atoms with Crippen LogP contribution in [0.2, 0.25) is 0 Å². The smallest absolute Gasteiger partial charge is 0.259 e. The van der Waals surface area contributed by atoms with E-state index in [-0.39, 0.29) is 17.6 Å². The van der Waals surface area contributed by atoms with Gasteiger partial charge in [-0.2, -0.15) is 0 Å². The number of hydrogen-bond acceptors (Lipinski definition) is 4. The highest BCUT2D eigenvalue weighted by atomic mass is 16.5. The zero-order valence-corrected chi connectivity index (χ0v) is 15.8. The van der Waals surface area contributed by atoms with Gasteiger partial charge in [0.25, 0.3) is 5.56 Å². The number of ether oxygens (including phenoxy) is 1. The second-order valence-corrected chi connectivity index (χ2v) is 7.50. The fraction of sp³-hybridized carbons (Fsp3) is 0.333. The first kappa shape index (κ1) is 18.1. The molecule has 5 heteroatoms. The fourth-order valence-corrected chi connectivity index (χ4v) is 3.29. The van der Waals surface area contributed by atoms with Crippen molar-refractivity contribution in [3.63, 3.8) is 0 Å². The summed E-state index contributed by atoms with van der Waals surface area (Å²) in [5.74, 6) is 0.765. The SMILES string of the molecule is COc1cc(-c2cn(C)c(=O)c3cnccc23)c(CO)cc1C(C)(C)C. The zero-order chi connectivity index (χ0) is 19.1. The molecule has 0 radical (unpaired) electrons. The quantitative estimate of drug-likeness (QED) is 0.785. The van der Waals surface area contributed by atoms with E-state index in [1.54, 1.807) is 37.3 Å². The van der Waals surface area contributed by atoms with Crippen molar-refractivity contribution in [3.8, 4) is 16.9 Å². The number of aliphatic hydroxyl groups is 1. The van der Waals surface area contributed by atoms with Gasteiger partial charge in [0.1, 0.15) is 5.75 Å². The number of rotatable bonds is 3. The molecule has 0 spiro atoms. The molecule has 3 rings (SSSR count). The average Bonchev–Trinajstić information content (AvgIpc) is 2.62. The van der Waals surface area contributed by atoms with Crippen molar-refractivity contribution < 1.29 is 9.84 Å². The summed E-state index contributed by atoms with van der Waals surface area (Å²) in [6, 6.07) is 5.77. The number of pyridine rings is 2. The molecule has 0 aliphatic rings. The van der Waals surface area contributed by atoms with Crippen molar-refractivity contribution in [2.45, 2.75) is 32.8 Å². The van der Waals surface area contributed by atoms with E-state index in [1.807, 2.05) is 18.2 Å². The number of fused-ring (bicyclic) bond motifs is 1. The summed E-state index contributed by atoms with van der Waals surface area (Å²) < 4.78 is 7.18. The van der Waals surface area contributed by atoms with Crippen LogP contribution >= 0.6 is 0 Å². The minimum absolute atomic E-state index is 0.0966. The molecular formula is C21H24N2O3. The highest BCUT2D eigenvalue weighted by molar-refractivity contribution is 5.96. The van der Waals surface area contributed by atoms with Crippen molar-refractivity contribution in [3.05, 3.63) is 58.3 Å². The first-order valence-corrected chi connectivity index (χ1v) is 8.54. The van der Waals surface area contributed by atoms with Gasteiger partial charge >= 0.3 is 0 Å². The molecule has 0 saturated heterocycles. The number of hydrogen-bond donors (Lipinski definition) is 1. The molecule has 0 atom stereocenters. The predicted octanol–water partition coefficient (Wildman–Crippen LogP) is 3.40. The zero-order valence-electron chi connectivity index (χ0n) is 15.8. The van der Waals surface area contributed by atoms with Gasteiger partial charge in [-0.05, 0) is 45.7 Å². The molecule has 1 N–H and O–H groups in total. The Bertz CT molecular complexity index is 1030. The number of aliphatic hydroxyl groups excluding tert-OH is 1. The first-order valence-electron chi connectivity index (χ1n) is 8.54. The molecule has 0 saturated carbocycles. The van der Waals surface area contributed by atoms with Gasteiger partial charge in [0.15, 0.2) is 0 Å². The molecule has 26 heavy (non-hydrogen) atoms. The third-order valence-electron chi connectivity index (χ3n) is 4.68. The molecular weight excluding hydrogens is 328 g/mol. The predicted molar refractivity (Wildman–Crippen MR) is 104 cm³/mol. The molecule has 0 aliphatic carbocycles.